The molecule has 2 atom stereocenters. The second-order valence-electron chi connectivity index (χ2n) is 7.22. The van der Waals surface area contributed by atoms with Crippen LogP contribution in [0.3, 0.4) is 0 Å². The van der Waals surface area contributed by atoms with Crippen LogP contribution in [0.1, 0.15) is 13.8 Å². The van der Waals surface area contributed by atoms with E-state index in [0.29, 0.717) is 24.5 Å². The van der Waals surface area contributed by atoms with Crippen LogP contribution in [0.4, 0.5) is 10.1 Å². The Labute approximate surface area is 176 Å². The Morgan fingerprint density at radius 2 is 1.67 bits per heavy atom. The van der Waals surface area contributed by atoms with Crippen molar-refractivity contribution in [3.05, 3.63) is 54.3 Å². The molecule has 0 aliphatic carbocycles. The van der Waals surface area contributed by atoms with Crippen molar-refractivity contribution in [2.24, 2.45) is 0 Å². The number of ether oxygens (including phenoxy) is 2. The summed E-state index contributed by atoms with van der Waals surface area (Å²) >= 11 is 0. The number of hydrogen-bond acceptors (Lipinski definition) is 5. The minimum absolute atomic E-state index is 0.101. The molecular weight excluding hydrogens is 411 g/mol. The fourth-order valence-electron chi connectivity index (χ4n) is 3.40. The molecule has 1 fully saturated rings. The van der Waals surface area contributed by atoms with Crippen molar-refractivity contribution in [3.63, 3.8) is 0 Å². The van der Waals surface area contributed by atoms with E-state index in [-0.39, 0.29) is 29.6 Å². The Kier molecular flexibility index (Phi) is 6.62. The van der Waals surface area contributed by atoms with Gasteiger partial charge in [0.2, 0.25) is 5.91 Å². The lowest BCUT2D eigenvalue weighted by Gasteiger charge is -2.36. The Balaban J connectivity index is 1.94. The van der Waals surface area contributed by atoms with E-state index in [0.717, 1.165) is 16.4 Å². The molecule has 1 heterocycles. The summed E-state index contributed by atoms with van der Waals surface area (Å²) in [6, 6.07) is 10.9. The molecule has 0 bridgehead atoms. The lowest BCUT2D eigenvalue weighted by molar-refractivity contribution is -0.141. The minimum Gasteiger partial charge on any atom is -0.497 e. The van der Waals surface area contributed by atoms with E-state index in [9.17, 15) is 17.6 Å². The highest BCUT2D eigenvalue weighted by Crippen LogP contribution is 2.26. The Morgan fingerprint density at radius 3 is 2.20 bits per heavy atom. The van der Waals surface area contributed by atoms with Crippen LogP contribution in [0, 0.1) is 5.82 Å². The fourth-order valence-corrected chi connectivity index (χ4v) is 4.82. The normalized spacial score (nSPS) is 19.4. The summed E-state index contributed by atoms with van der Waals surface area (Å²) in [6.07, 6.45) is -0.276. The van der Waals surface area contributed by atoms with Gasteiger partial charge in [-0.15, -0.1) is 0 Å². The molecule has 0 saturated carbocycles. The SMILES string of the molecule is COc1ccc(N(CC(=O)N2CC(C)OC(C)C2)S(=O)(=O)c2ccc(F)cc2)cc1. The topological polar surface area (TPSA) is 76.2 Å². The maximum Gasteiger partial charge on any atom is 0.264 e. The Morgan fingerprint density at radius 1 is 1.10 bits per heavy atom. The van der Waals surface area contributed by atoms with Crippen LogP contribution in [0.5, 0.6) is 5.75 Å². The van der Waals surface area contributed by atoms with Gasteiger partial charge in [0.15, 0.2) is 0 Å². The number of sulfonamides is 1. The predicted molar refractivity (Wildman–Crippen MR) is 111 cm³/mol. The molecule has 3 rings (SSSR count). The highest BCUT2D eigenvalue weighted by molar-refractivity contribution is 7.92. The number of carbonyl (C=O) groups is 1. The quantitative estimate of drug-likeness (QED) is 0.696. The molecular formula is C21H25FN2O5S. The first-order valence-corrected chi connectivity index (χ1v) is 11.0. The molecule has 1 aliphatic heterocycles. The molecule has 7 nitrogen and oxygen atoms in total. The van der Waals surface area contributed by atoms with Gasteiger partial charge in [0, 0.05) is 13.1 Å². The van der Waals surface area contributed by atoms with Gasteiger partial charge >= 0.3 is 0 Å². The van der Waals surface area contributed by atoms with E-state index in [1.807, 2.05) is 13.8 Å². The van der Waals surface area contributed by atoms with E-state index in [1.54, 1.807) is 29.2 Å². The standard InChI is InChI=1S/C21H25FN2O5S/c1-15-12-23(13-16(2)29-15)21(25)14-24(18-6-8-19(28-3)9-7-18)30(26,27)20-10-4-17(22)5-11-20/h4-11,15-16H,12-14H2,1-3H3. The van der Waals surface area contributed by atoms with Gasteiger partial charge in [-0.05, 0) is 62.4 Å². The van der Waals surface area contributed by atoms with Crippen molar-refractivity contribution < 1.29 is 27.1 Å². The summed E-state index contributed by atoms with van der Waals surface area (Å²) < 4.78 is 51.8. The Bertz CT molecular complexity index is 969. The summed E-state index contributed by atoms with van der Waals surface area (Å²) in [7, 11) is -2.60. The van der Waals surface area contributed by atoms with Crippen LogP contribution < -0.4 is 9.04 Å². The highest BCUT2D eigenvalue weighted by Gasteiger charge is 2.32. The van der Waals surface area contributed by atoms with Gasteiger partial charge in [-0.3, -0.25) is 9.10 Å². The third kappa shape index (κ3) is 4.91. The van der Waals surface area contributed by atoms with Crippen LogP contribution in [-0.4, -0.2) is 58.2 Å². The van der Waals surface area contributed by atoms with Crippen LogP contribution in [0.2, 0.25) is 0 Å². The maximum atomic E-state index is 13.3. The first-order chi connectivity index (χ1) is 14.2. The monoisotopic (exact) mass is 436 g/mol. The number of carbonyl (C=O) groups excluding carboxylic acids is 1. The minimum atomic E-state index is -4.10. The zero-order chi connectivity index (χ0) is 21.9. The number of benzene rings is 2. The zero-order valence-corrected chi connectivity index (χ0v) is 17.9. The van der Waals surface area contributed by atoms with Crippen molar-refractivity contribution >= 4 is 21.6 Å². The van der Waals surface area contributed by atoms with Crippen molar-refractivity contribution in [2.75, 3.05) is 31.0 Å². The second kappa shape index (κ2) is 9.01. The van der Waals surface area contributed by atoms with Gasteiger partial charge in [-0.2, -0.15) is 0 Å². The summed E-state index contributed by atoms with van der Waals surface area (Å²) in [5, 5.41) is 0. The number of methoxy groups -OCH3 is 1. The number of anilines is 1. The van der Waals surface area contributed by atoms with Crippen LogP contribution in [0.25, 0.3) is 0 Å². The molecule has 2 unspecified atom stereocenters. The molecule has 0 radical (unpaired) electrons. The molecule has 2 aromatic rings. The van der Waals surface area contributed by atoms with Gasteiger partial charge < -0.3 is 14.4 Å². The number of amides is 1. The van der Waals surface area contributed by atoms with E-state index in [2.05, 4.69) is 0 Å². The van der Waals surface area contributed by atoms with Gasteiger partial charge in [-0.1, -0.05) is 0 Å². The first kappa shape index (κ1) is 22.0. The van der Waals surface area contributed by atoms with Crippen molar-refractivity contribution in [3.8, 4) is 5.75 Å². The summed E-state index contributed by atoms with van der Waals surface area (Å²) in [5.74, 6) is -0.323. The number of morpholine rings is 1. The highest BCUT2D eigenvalue weighted by atomic mass is 32.2. The lowest BCUT2D eigenvalue weighted by Crippen LogP contribution is -2.51. The van der Waals surface area contributed by atoms with Crippen LogP contribution in [-0.2, 0) is 19.6 Å². The van der Waals surface area contributed by atoms with Crippen molar-refractivity contribution in [1.29, 1.82) is 0 Å². The van der Waals surface area contributed by atoms with E-state index in [1.165, 1.54) is 19.2 Å². The molecule has 9 heteroatoms. The summed E-state index contributed by atoms with van der Waals surface area (Å²) in [4.78, 5) is 14.5. The summed E-state index contributed by atoms with van der Waals surface area (Å²) in [5.41, 5.74) is 0.308. The molecule has 30 heavy (non-hydrogen) atoms. The number of rotatable bonds is 6. The molecule has 1 saturated heterocycles. The molecule has 1 amide bonds. The number of nitrogens with zero attached hydrogens (tertiary/aromatic N) is 2. The van der Waals surface area contributed by atoms with Gasteiger partial charge in [-0.25, -0.2) is 12.8 Å². The Hall–Kier alpha value is -2.65. The average Bonchev–Trinajstić information content (AvgIpc) is 2.71. The lowest BCUT2D eigenvalue weighted by atomic mass is 10.2. The van der Waals surface area contributed by atoms with E-state index in [4.69, 9.17) is 9.47 Å². The van der Waals surface area contributed by atoms with Gasteiger partial charge in [0.1, 0.15) is 18.1 Å². The predicted octanol–water partition coefficient (Wildman–Crippen LogP) is 2.67. The van der Waals surface area contributed by atoms with Gasteiger partial charge in [0.05, 0.1) is 29.9 Å². The molecule has 0 aromatic heterocycles. The molecule has 2 aromatic carbocycles. The average molecular weight is 437 g/mol. The van der Waals surface area contributed by atoms with E-state index < -0.39 is 15.8 Å². The van der Waals surface area contributed by atoms with Gasteiger partial charge in [0.25, 0.3) is 10.0 Å². The molecule has 162 valence electrons. The van der Waals surface area contributed by atoms with Crippen molar-refractivity contribution in [1.82, 2.24) is 4.90 Å². The number of hydrogen-bond donors (Lipinski definition) is 0. The van der Waals surface area contributed by atoms with Crippen LogP contribution in [0.15, 0.2) is 53.4 Å². The first-order valence-electron chi connectivity index (χ1n) is 9.56. The third-order valence-corrected chi connectivity index (χ3v) is 6.60. The van der Waals surface area contributed by atoms with Crippen molar-refractivity contribution in [2.45, 2.75) is 31.0 Å². The molecule has 0 spiro atoms. The fraction of sp³-hybridized carbons (Fsp3) is 0.381. The maximum absolute atomic E-state index is 13.3. The van der Waals surface area contributed by atoms with Crippen LogP contribution >= 0.6 is 0 Å². The third-order valence-electron chi connectivity index (χ3n) is 4.81. The number of halogens is 1. The zero-order valence-electron chi connectivity index (χ0n) is 17.1. The smallest absolute Gasteiger partial charge is 0.264 e. The van der Waals surface area contributed by atoms with E-state index >= 15 is 0 Å². The largest absolute Gasteiger partial charge is 0.497 e. The summed E-state index contributed by atoms with van der Waals surface area (Å²) in [6.45, 7) is 4.12. The molecule has 1 aliphatic rings. The molecule has 0 N–H and O–H groups in total. The second-order valence-corrected chi connectivity index (χ2v) is 9.08.